The number of rotatable bonds is 6. The molecule has 0 fully saturated rings. The van der Waals surface area contributed by atoms with Crippen molar-refractivity contribution in [2.24, 2.45) is 0 Å². The zero-order valence-corrected chi connectivity index (χ0v) is 14.0. The van der Waals surface area contributed by atoms with Gasteiger partial charge in [-0.15, -0.1) is 0 Å². The normalized spacial score (nSPS) is 10.4. The van der Waals surface area contributed by atoms with Gasteiger partial charge < -0.3 is 10.1 Å². The van der Waals surface area contributed by atoms with Crippen LogP contribution in [0.25, 0.3) is 0 Å². The molecule has 2 aromatic carbocycles. The summed E-state index contributed by atoms with van der Waals surface area (Å²) in [6, 6.07) is 15.1. The third kappa shape index (κ3) is 3.58. The Morgan fingerprint density at radius 3 is 2.83 bits per heavy atom. The van der Waals surface area contributed by atoms with Crippen LogP contribution in [0, 0.1) is 6.92 Å². The van der Waals surface area contributed by atoms with Crippen molar-refractivity contribution in [2.45, 2.75) is 13.3 Å². The molecule has 0 atom stereocenters. The van der Waals surface area contributed by atoms with E-state index >= 15 is 0 Å². The minimum Gasteiger partial charge on any atom is -0.332 e. The summed E-state index contributed by atoms with van der Waals surface area (Å²) < 4.78 is 0. The van der Waals surface area contributed by atoms with Crippen LogP contribution in [-0.4, -0.2) is 17.1 Å². The van der Waals surface area contributed by atoms with Gasteiger partial charge in [0.05, 0.1) is 11.1 Å². The molecular formula is C19H16N2O2S. The van der Waals surface area contributed by atoms with Crippen molar-refractivity contribution in [2.75, 3.05) is 5.32 Å². The molecule has 0 saturated carbocycles. The minimum atomic E-state index is -0.0200. The maximum atomic E-state index is 12.6. The highest BCUT2D eigenvalue weighted by atomic mass is 32.1. The molecule has 0 bridgehead atoms. The van der Waals surface area contributed by atoms with Gasteiger partial charge >= 0.3 is 0 Å². The lowest BCUT2D eigenvalue weighted by atomic mass is 10.0. The molecule has 3 rings (SSSR count). The molecule has 0 aliphatic rings. The second-order valence-corrected chi connectivity index (χ2v) is 6.40. The molecule has 0 amide bonds. The number of aldehydes is 1. The molecule has 120 valence electrons. The Balaban J connectivity index is 1.78. The second kappa shape index (κ2) is 7.19. The lowest BCUT2D eigenvalue weighted by Crippen LogP contribution is -2.00. The summed E-state index contributed by atoms with van der Waals surface area (Å²) in [5.74, 6) is -0.0200. The predicted molar refractivity (Wildman–Crippen MR) is 96.2 cm³/mol. The smallest absolute Gasteiger partial charge is 0.204 e. The van der Waals surface area contributed by atoms with Gasteiger partial charge in [-0.1, -0.05) is 47.7 Å². The number of carbonyl (C=O) groups is 2. The van der Waals surface area contributed by atoms with Gasteiger partial charge in [-0.2, -0.15) is 0 Å². The summed E-state index contributed by atoms with van der Waals surface area (Å²) >= 11 is 1.32. The second-order valence-electron chi connectivity index (χ2n) is 5.37. The summed E-state index contributed by atoms with van der Waals surface area (Å²) in [6.07, 6.45) is 2.85. The molecule has 5 heteroatoms. The first-order chi connectivity index (χ1) is 11.7. The van der Waals surface area contributed by atoms with E-state index in [1.165, 1.54) is 11.3 Å². The van der Waals surface area contributed by atoms with Gasteiger partial charge in [0.15, 0.2) is 5.13 Å². The molecule has 24 heavy (non-hydrogen) atoms. The number of hydrogen-bond donors (Lipinski definition) is 1. The first kappa shape index (κ1) is 16.1. The Labute approximate surface area is 144 Å². The van der Waals surface area contributed by atoms with Crippen LogP contribution in [0.4, 0.5) is 10.8 Å². The highest BCUT2D eigenvalue weighted by Gasteiger charge is 2.14. The standard InChI is InChI=1S/C19H16N2O2S/c1-13-5-2-3-8-16(13)18(23)17-12-20-19(24-17)21-15-7-4-6-14(11-15)9-10-22/h2-8,10-12H,9H2,1H3,(H,20,21). The summed E-state index contributed by atoms with van der Waals surface area (Å²) in [7, 11) is 0. The van der Waals surface area contributed by atoms with Gasteiger partial charge in [0.1, 0.15) is 6.29 Å². The van der Waals surface area contributed by atoms with E-state index in [0.717, 1.165) is 23.1 Å². The molecule has 0 aliphatic carbocycles. The fourth-order valence-corrected chi connectivity index (χ4v) is 3.18. The quantitative estimate of drug-likeness (QED) is 0.542. The molecule has 4 nitrogen and oxygen atoms in total. The Bertz CT molecular complexity index is 886. The predicted octanol–water partition coefficient (Wildman–Crippen LogP) is 4.17. The van der Waals surface area contributed by atoms with Crippen molar-refractivity contribution in [3.8, 4) is 0 Å². The highest BCUT2D eigenvalue weighted by molar-refractivity contribution is 7.17. The Morgan fingerprint density at radius 1 is 1.21 bits per heavy atom. The van der Waals surface area contributed by atoms with Crippen LogP contribution >= 0.6 is 11.3 Å². The Hall–Kier alpha value is -2.79. The number of aromatic nitrogens is 1. The van der Waals surface area contributed by atoms with Gasteiger partial charge in [-0.25, -0.2) is 4.98 Å². The number of anilines is 2. The fraction of sp³-hybridized carbons (Fsp3) is 0.105. The number of carbonyl (C=O) groups excluding carboxylic acids is 2. The maximum Gasteiger partial charge on any atom is 0.204 e. The van der Waals surface area contributed by atoms with E-state index in [4.69, 9.17) is 0 Å². The van der Waals surface area contributed by atoms with Crippen LogP contribution in [-0.2, 0) is 11.2 Å². The lowest BCUT2D eigenvalue weighted by Gasteiger charge is -2.04. The van der Waals surface area contributed by atoms with Crippen molar-refractivity contribution in [3.63, 3.8) is 0 Å². The summed E-state index contributed by atoms with van der Waals surface area (Å²) in [5.41, 5.74) is 3.43. The third-order valence-corrected chi connectivity index (χ3v) is 4.53. The molecule has 1 N–H and O–H groups in total. The van der Waals surface area contributed by atoms with E-state index in [1.54, 1.807) is 6.20 Å². The van der Waals surface area contributed by atoms with Gasteiger partial charge in [0, 0.05) is 17.7 Å². The molecule has 3 aromatic rings. The van der Waals surface area contributed by atoms with E-state index in [0.29, 0.717) is 22.0 Å². The maximum absolute atomic E-state index is 12.6. The minimum absolute atomic E-state index is 0.0200. The van der Waals surface area contributed by atoms with Crippen molar-refractivity contribution in [3.05, 3.63) is 76.3 Å². The number of nitrogens with zero attached hydrogens (tertiary/aromatic N) is 1. The molecule has 0 unspecified atom stereocenters. The molecule has 1 aromatic heterocycles. The average Bonchev–Trinajstić information content (AvgIpc) is 3.04. The van der Waals surface area contributed by atoms with Crippen molar-refractivity contribution >= 4 is 34.2 Å². The van der Waals surface area contributed by atoms with Gasteiger partial charge in [0.25, 0.3) is 0 Å². The summed E-state index contributed by atoms with van der Waals surface area (Å²) in [4.78, 5) is 28.1. The zero-order valence-electron chi connectivity index (χ0n) is 13.2. The lowest BCUT2D eigenvalue weighted by molar-refractivity contribution is -0.107. The first-order valence-electron chi connectivity index (χ1n) is 7.53. The number of hydrogen-bond acceptors (Lipinski definition) is 5. The van der Waals surface area contributed by atoms with Crippen LogP contribution in [0.5, 0.6) is 0 Å². The Kier molecular flexibility index (Phi) is 4.82. The van der Waals surface area contributed by atoms with Crippen molar-refractivity contribution in [1.29, 1.82) is 0 Å². The van der Waals surface area contributed by atoms with Gasteiger partial charge in [-0.05, 0) is 30.2 Å². The number of ketones is 1. The SMILES string of the molecule is Cc1ccccc1C(=O)c1cnc(Nc2cccc(CC=O)c2)s1. The number of aryl methyl sites for hydroxylation is 1. The number of thiazole rings is 1. The van der Waals surface area contributed by atoms with E-state index in [-0.39, 0.29) is 5.78 Å². The van der Waals surface area contributed by atoms with E-state index in [9.17, 15) is 9.59 Å². The van der Waals surface area contributed by atoms with Crippen molar-refractivity contribution < 1.29 is 9.59 Å². The van der Waals surface area contributed by atoms with Crippen LogP contribution in [0.1, 0.15) is 26.4 Å². The monoisotopic (exact) mass is 336 g/mol. The molecular weight excluding hydrogens is 320 g/mol. The highest BCUT2D eigenvalue weighted by Crippen LogP contribution is 2.25. The van der Waals surface area contributed by atoms with Crippen LogP contribution < -0.4 is 5.32 Å². The third-order valence-electron chi connectivity index (χ3n) is 3.62. The van der Waals surface area contributed by atoms with E-state index in [2.05, 4.69) is 10.3 Å². The molecule has 0 aliphatic heterocycles. The Morgan fingerprint density at radius 2 is 2.04 bits per heavy atom. The van der Waals surface area contributed by atoms with E-state index in [1.807, 2.05) is 55.5 Å². The fourth-order valence-electron chi connectivity index (χ4n) is 2.39. The molecule has 0 saturated heterocycles. The topological polar surface area (TPSA) is 59.1 Å². The number of benzene rings is 2. The average molecular weight is 336 g/mol. The summed E-state index contributed by atoms with van der Waals surface area (Å²) in [5, 5.41) is 3.83. The molecule has 1 heterocycles. The first-order valence-corrected chi connectivity index (χ1v) is 8.35. The summed E-state index contributed by atoms with van der Waals surface area (Å²) in [6.45, 7) is 1.92. The van der Waals surface area contributed by atoms with Crippen LogP contribution in [0.2, 0.25) is 0 Å². The van der Waals surface area contributed by atoms with Crippen LogP contribution in [0.15, 0.2) is 54.7 Å². The van der Waals surface area contributed by atoms with Gasteiger partial charge in [-0.3, -0.25) is 4.79 Å². The van der Waals surface area contributed by atoms with Crippen molar-refractivity contribution in [1.82, 2.24) is 4.98 Å². The zero-order chi connectivity index (χ0) is 16.9. The number of nitrogens with one attached hydrogen (secondary N) is 1. The van der Waals surface area contributed by atoms with Gasteiger partial charge in [0.2, 0.25) is 5.78 Å². The molecule has 0 radical (unpaired) electrons. The largest absolute Gasteiger partial charge is 0.332 e. The molecule has 0 spiro atoms. The van der Waals surface area contributed by atoms with Crippen LogP contribution in [0.3, 0.4) is 0 Å². The van der Waals surface area contributed by atoms with E-state index < -0.39 is 0 Å².